The maximum absolute atomic E-state index is 12.7. The van der Waals surface area contributed by atoms with Crippen LogP contribution in [0.25, 0.3) is 6.08 Å². The highest BCUT2D eigenvalue weighted by Gasteiger charge is 2.32. The van der Waals surface area contributed by atoms with Crippen LogP contribution in [0, 0.1) is 0 Å². The van der Waals surface area contributed by atoms with Crippen molar-refractivity contribution in [2.75, 3.05) is 18.7 Å². The maximum atomic E-state index is 12.7. The first-order chi connectivity index (χ1) is 14.9. The Bertz CT molecular complexity index is 1110. The van der Waals surface area contributed by atoms with Gasteiger partial charge >= 0.3 is 0 Å². The van der Waals surface area contributed by atoms with Gasteiger partial charge in [0.25, 0.3) is 5.91 Å². The van der Waals surface area contributed by atoms with Crippen molar-refractivity contribution < 1.29 is 29.0 Å². The van der Waals surface area contributed by atoms with E-state index in [9.17, 15) is 19.5 Å². The van der Waals surface area contributed by atoms with Crippen LogP contribution < -0.4 is 19.9 Å². The van der Waals surface area contributed by atoms with Gasteiger partial charge in [0, 0.05) is 18.7 Å². The zero-order valence-corrected chi connectivity index (χ0v) is 17.6. The molecule has 0 aromatic heterocycles. The van der Waals surface area contributed by atoms with E-state index in [1.807, 2.05) is 6.07 Å². The molecule has 2 aromatic carbocycles. The van der Waals surface area contributed by atoms with Gasteiger partial charge in [-0.05, 0) is 41.5 Å². The second-order valence-electron chi connectivity index (χ2n) is 6.61. The van der Waals surface area contributed by atoms with E-state index in [4.69, 9.17) is 21.7 Å². The molecule has 8 nitrogen and oxygen atoms in total. The number of amides is 2. The molecule has 0 spiro atoms. The topological polar surface area (TPSA) is 108 Å². The van der Waals surface area contributed by atoms with Crippen LogP contribution in [-0.2, 0) is 9.59 Å². The van der Waals surface area contributed by atoms with E-state index in [1.54, 1.807) is 18.2 Å². The second kappa shape index (κ2) is 8.78. The monoisotopic (exact) mass is 455 g/mol. The number of carboxylic acid groups (broad SMARTS) is 1. The summed E-state index contributed by atoms with van der Waals surface area (Å²) in [4.78, 5) is 37.6. The SMILES string of the molecule is O=C(CCN1C(=O)C(=Cc2ccc3c(c2)OCO3)SC1=S)Nc1ccc(C(=O)[O-])cc1. The molecule has 0 atom stereocenters. The van der Waals surface area contributed by atoms with Gasteiger partial charge in [0.2, 0.25) is 12.7 Å². The zero-order chi connectivity index (χ0) is 22.0. The summed E-state index contributed by atoms with van der Waals surface area (Å²) in [7, 11) is 0. The number of carboxylic acids is 1. The minimum absolute atomic E-state index is 0.0183. The smallest absolute Gasteiger partial charge is 0.266 e. The van der Waals surface area contributed by atoms with Gasteiger partial charge in [-0.25, -0.2) is 0 Å². The first kappa shape index (κ1) is 20.9. The average molecular weight is 455 g/mol. The Morgan fingerprint density at radius 3 is 2.65 bits per heavy atom. The van der Waals surface area contributed by atoms with E-state index in [2.05, 4.69) is 5.32 Å². The van der Waals surface area contributed by atoms with Crippen molar-refractivity contribution in [3.05, 3.63) is 58.5 Å². The molecule has 1 saturated heterocycles. The van der Waals surface area contributed by atoms with Crippen molar-refractivity contribution in [3.8, 4) is 11.5 Å². The molecule has 0 radical (unpaired) electrons. The van der Waals surface area contributed by atoms with E-state index in [0.29, 0.717) is 26.4 Å². The van der Waals surface area contributed by atoms with Crippen molar-refractivity contribution in [1.82, 2.24) is 4.90 Å². The third kappa shape index (κ3) is 4.70. The first-order valence-electron chi connectivity index (χ1n) is 9.17. The number of anilines is 1. The molecule has 1 N–H and O–H groups in total. The summed E-state index contributed by atoms with van der Waals surface area (Å²) < 4.78 is 11.0. The largest absolute Gasteiger partial charge is 0.545 e. The minimum atomic E-state index is -1.29. The third-order valence-electron chi connectivity index (χ3n) is 4.53. The van der Waals surface area contributed by atoms with Crippen LogP contribution >= 0.6 is 24.0 Å². The summed E-state index contributed by atoms with van der Waals surface area (Å²) in [5.41, 5.74) is 1.25. The van der Waals surface area contributed by atoms with Crippen LogP contribution in [0.15, 0.2) is 47.4 Å². The van der Waals surface area contributed by atoms with Crippen LogP contribution in [0.2, 0.25) is 0 Å². The van der Waals surface area contributed by atoms with Gasteiger partial charge in [-0.15, -0.1) is 0 Å². The van der Waals surface area contributed by atoms with Gasteiger partial charge in [0.1, 0.15) is 4.32 Å². The number of nitrogens with zero attached hydrogens (tertiary/aromatic N) is 1. The van der Waals surface area contributed by atoms with Gasteiger partial charge < -0.3 is 24.7 Å². The molecule has 0 saturated carbocycles. The highest BCUT2D eigenvalue weighted by atomic mass is 32.2. The number of hydrogen-bond acceptors (Lipinski definition) is 8. The predicted octanol–water partition coefficient (Wildman–Crippen LogP) is 2.01. The van der Waals surface area contributed by atoms with Crippen molar-refractivity contribution in [1.29, 1.82) is 0 Å². The average Bonchev–Trinajstić information content (AvgIpc) is 3.31. The van der Waals surface area contributed by atoms with Crippen molar-refractivity contribution in [2.24, 2.45) is 0 Å². The van der Waals surface area contributed by atoms with Crippen LogP contribution in [0.4, 0.5) is 5.69 Å². The standard InChI is InChI=1S/C21H16N2O6S2/c24-18(22-14-4-2-13(3-5-14)20(26)27)7-8-23-19(25)17(31-21(23)30)10-12-1-6-15-16(9-12)29-11-28-15/h1-6,9-10H,7-8,11H2,(H,22,24)(H,26,27)/p-1. The Balaban J connectivity index is 1.35. The molecule has 2 aromatic rings. The number of carbonyl (C=O) groups excluding carboxylic acids is 3. The quantitative estimate of drug-likeness (QED) is 0.521. The van der Waals surface area contributed by atoms with E-state index >= 15 is 0 Å². The van der Waals surface area contributed by atoms with Crippen molar-refractivity contribution in [3.63, 3.8) is 0 Å². The summed E-state index contributed by atoms with van der Waals surface area (Å²) >= 11 is 6.47. The molecule has 0 aliphatic carbocycles. The number of benzene rings is 2. The Kier molecular flexibility index (Phi) is 5.92. The Morgan fingerprint density at radius 2 is 1.90 bits per heavy atom. The zero-order valence-electron chi connectivity index (χ0n) is 16.0. The number of rotatable bonds is 6. The minimum Gasteiger partial charge on any atom is -0.545 e. The number of aromatic carboxylic acids is 1. The van der Waals surface area contributed by atoms with Crippen molar-refractivity contribution in [2.45, 2.75) is 6.42 Å². The number of ether oxygens (including phenoxy) is 2. The summed E-state index contributed by atoms with van der Waals surface area (Å²) in [6, 6.07) is 11.0. The predicted molar refractivity (Wildman–Crippen MR) is 116 cm³/mol. The molecule has 31 heavy (non-hydrogen) atoms. The van der Waals surface area contributed by atoms with Gasteiger partial charge in [-0.1, -0.05) is 42.2 Å². The van der Waals surface area contributed by atoms with E-state index in [-0.39, 0.29) is 37.1 Å². The van der Waals surface area contributed by atoms with Crippen LogP contribution in [-0.4, -0.2) is 40.3 Å². The Labute approximate surface area is 186 Å². The molecule has 0 unspecified atom stereocenters. The Hall–Kier alpha value is -3.37. The number of fused-ring (bicyclic) bond motifs is 1. The van der Waals surface area contributed by atoms with E-state index in [1.165, 1.54) is 40.9 Å². The van der Waals surface area contributed by atoms with Gasteiger partial charge in [0.05, 0.1) is 10.9 Å². The van der Waals surface area contributed by atoms with E-state index < -0.39 is 5.97 Å². The number of nitrogens with one attached hydrogen (secondary N) is 1. The molecule has 10 heteroatoms. The lowest BCUT2D eigenvalue weighted by Crippen LogP contribution is -2.31. The molecule has 0 bridgehead atoms. The molecule has 2 aliphatic heterocycles. The van der Waals surface area contributed by atoms with E-state index in [0.717, 1.165) is 5.56 Å². The molecule has 2 heterocycles. The third-order valence-corrected chi connectivity index (χ3v) is 5.91. The van der Waals surface area contributed by atoms with Crippen LogP contribution in [0.1, 0.15) is 22.3 Å². The summed E-state index contributed by atoms with van der Waals surface area (Å²) in [6.07, 6.45) is 1.76. The van der Waals surface area contributed by atoms with Crippen molar-refractivity contribution >= 4 is 57.8 Å². The lowest BCUT2D eigenvalue weighted by Gasteiger charge is -2.14. The molecule has 158 valence electrons. The summed E-state index contributed by atoms with van der Waals surface area (Å²) in [6.45, 7) is 0.302. The summed E-state index contributed by atoms with van der Waals surface area (Å²) in [5, 5.41) is 13.4. The molecule has 2 amide bonds. The molecule has 1 fully saturated rings. The molecule has 2 aliphatic rings. The van der Waals surface area contributed by atoms with Gasteiger partial charge in [-0.2, -0.15) is 0 Å². The maximum Gasteiger partial charge on any atom is 0.266 e. The fourth-order valence-electron chi connectivity index (χ4n) is 2.97. The number of hydrogen-bond donors (Lipinski definition) is 1. The van der Waals surface area contributed by atoms with Gasteiger partial charge in [-0.3, -0.25) is 14.5 Å². The number of thiocarbonyl (C=S) groups is 1. The fraction of sp³-hybridized carbons (Fsp3) is 0.143. The second-order valence-corrected chi connectivity index (χ2v) is 8.28. The number of thioether (sulfide) groups is 1. The molecular weight excluding hydrogens is 440 g/mol. The number of carbonyl (C=O) groups is 3. The molecular formula is C21H15N2O6S2-. The van der Waals surface area contributed by atoms with Crippen LogP contribution in [0.3, 0.4) is 0 Å². The normalized spacial score (nSPS) is 16.1. The fourth-order valence-corrected chi connectivity index (χ4v) is 4.28. The van der Waals surface area contributed by atoms with Gasteiger partial charge in [0.15, 0.2) is 11.5 Å². The highest BCUT2D eigenvalue weighted by Crippen LogP contribution is 2.36. The Morgan fingerprint density at radius 1 is 1.16 bits per heavy atom. The highest BCUT2D eigenvalue weighted by molar-refractivity contribution is 8.26. The first-order valence-corrected chi connectivity index (χ1v) is 10.4. The lowest BCUT2D eigenvalue weighted by atomic mass is 10.2. The lowest BCUT2D eigenvalue weighted by molar-refractivity contribution is -0.255. The summed E-state index contributed by atoms with van der Waals surface area (Å²) in [5.74, 6) is -0.603. The molecule has 4 rings (SSSR count). The van der Waals surface area contributed by atoms with Crippen LogP contribution in [0.5, 0.6) is 11.5 Å².